The van der Waals surface area contributed by atoms with E-state index in [1.165, 1.54) is 6.07 Å². The fraction of sp³-hybridized carbons (Fsp3) is 0.333. The third kappa shape index (κ3) is 1.77. The SMILES string of the molecule is CC(N)(c1cc(O)ccc1O)C(F)F. The predicted molar refractivity (Wildman–Crippen MR) is 47.3 cm³/mol. The van der Waals surface area contributed by atoms with Crippen LogP contribution in [0.4, 0.5) is 8.78 Å². The van der Waals surface area contributed by atoms with Crippen molar-refractivity contribution in [3.05, 3.63) is 23.8 Å². The first-order chi connectivity index (χ1) is 6.35. The number of aromatic hydroxyl groups is 2. The van der Waals surface area contributed by atoms with Crippen LogP contribution in [0, 0.1) is 0 Å². The van der Waals surface area contributed by atoms with Crippen molar-refractivity contribution < 1.29 is 19.0 Å². The van der Waals surface area contributed by atoms with Gasteiger partial charge in [-0.15, -0.1) is 0 Å². The van der Waals surface area contributed by atoms with Crippen LogP contribution < -0.4 is 5.73 Å². The van der Waals surface area contributed by atoms with Gasteiger partial charge in [-0.2, -0.15) is 0 Å². The molecule has 1 unspecified atom stereocenters. The van der Waals surface area contributed by atoms with Crippen molar-refractivity contribution in [1.82, 2.24) is 0 Å². The van der Waals surface area contributed by atoms with Crippen molar-refractivity contribution >= 4 is 0 Å². The molecule has 0 heterocycles. The molecule has 0 saturated heterocycles. The second-order valence-corrected chi connectivity index (χ2v) is 3.28. The summed E-state index contributed by atoms with van der Waals surface area (Å²) in [4.78, 5) is 0. The summed E-state index contributed by atoms with van der Waals surface area (Å²) in [7, 11) is 0. The van der Waals surface area contributed by atoms with Crippen molar-refractivity contribution in [1.29, 1.82) is 0 Å². The highest BCUT2D eigenvalue weighted by atomic mass is 19.3. The summed E-state index contributed by atoms with van der Waals surface area (Å²) >= 11 is 0. The van der Waals surface area contributed by atoms with Gasteiger partial charge in [0.25, 0.3) is 6.43 Å². The Morgan fingerprint density at radius 2 is 1.93 bits per heavy atom. The minimum Gasteiger partial charge on any atom is -0.508 e. The van der Waals surface area contributed by atoms with E-state index in [1.54, 1.807) is 0 Å². The Hall–Kier alpha value is -1.36. The second-order valence-electron chi connectivity index (χ2n) is 3.28. The molecule has 4 N–H and O–H groups in total. The Morgan fingerprint density at radius 1 is 1.36 bits per heavy atom. The van der Waals surface area contributed by atoms with Gasteiger partial charge in [-0.3, -0.25) is 0 Å². The van der Waals surface area contributed by atoms with Crippen LogP contribution in [0.15, 0.2) is 18.2 Å². The lowest BCUT2D eigenvalue weighted by molar-refractivity contribution is 0.0610. The van der Waals surface area contributed by atoms with Gasteiger partial charge in [-0.05, 0) is 25.1 Å². The molecule has 0 aliphatic heterocycles. The van der Waals surface area contributed by atoms with Gasteiger partial charge in [-0.25, -0.2) is 8.78 Å². The quantitative estimate of drug-likeness (QED) is 0.638. The first-order valence-corrected chi connectivity index (χ1v) is 3.95. The van der Waals surface area contributed by atoms with Gasteiger partial charge in [0.15, 0.2) is 0 Å². The standard InChI is InChI=1S/C9H11F2NO2/c1-9(12,8(10)11)6-4-5(13)2-3-7(6)14/h2-4,8,13-14H,12H2,1H3. The maximum Gasteiger partial charge on any atom is 0.260 e. The highest BCUT2D eigenvalue weighted by molar-refractivity contribution is 5.43. The molecule has 0 aliphatic rings. The van der Waals surface area contributed by atoms with Gasteiger partial charge < -0.3 is 15.9 Å². The first kappa shape index (κ1) is 10.7. The van der Waals surface area contributed by atoms with E-state index in [2.05, 4.69) is 0 Å². The van der Waals surface area contributed by atoms with Crippen molar-refractivity contribution in [2.75, 3.05) is 0 Å². The molecule has 0 spiro atoms. The third-order valence-corrected chi connectivity index (χ3v) is 2.01. The van der Waals surface area contributed by atoms with E-state index < -0.39 is 12.0 Å². The van der Waals surface area contributed by atoms with Crippen LogP contribution in [-0.2, 0) is 5.54 Å². The average molecular weight is 203 g/mol. The number of halogens is 2. The highest BCUT2D eigenvalue weighted by Gasteiger charge is 2.34. The number of hydrogen-bond donors (Lipinski definition) is 3. The summed E-state index contributed by atoms with van der Waals surface area (Å²) in [5.74, 6) is -0.566. The summed E-state index contributed by atoms with van der Waals surface area (Å²) < 4.78 is 25.0. The van der Waals surface area contributed by atoms with Crippen LogP contribution in [-0.4, -0.2) is 16.6 Å². The Kier molecular flexibility index (Phi) is 2.62. The van der Waals surface area contributed by atoms with Crippen molar-refractivity contribution in [3.63, 3.8) is 0 Å². The number of nitrogens with two attached hydrogens (primary N) is 1. The fourth-order valence-electron chi connectivity index (χ4n) is 1.07. The van der Waals surface area contributed by atoms with E-state index >= 15 is 0 Å². The summed E-state index contributed by atoms with van der Waals surface area (Å²) in [6, 6.07) is 3.35. The number of benzene rings is 1. The minimum absolute atomic E-state index is 0.174. The summed E-state index contributed by atoms with van der Waals surface area (Å²) in [5.41, 5.74) is 3.19. The summed E-state index contributed by atoms with van der Waals surface area (Å²) in [6.45, 7) is 1.09. The van der Waals surface area contributed by atoms with Crippen LogP contribution in [0.25, 0.3) is 0 Å². The maximum absolute atomic E-state index is 12.5. The first-order valence-electron chi connectivity index (χ1n) is 3.95. The molecule has 5 heteroatoms. The summed E-state index contributed by atoms with van der Waals surface area (Å²) in [6.07, 6.45) is -2.82. The van der Waals surface area contributed by atoms with Crippen LogP contribution in [0.3, 0.4) is 0 Å². The van der Waals surface area contributed by atoms with E-state index in [0.717, 1.165) is 19.1 Å². The molecule has 1 aromatic carbocycles. The Bertz CT molecular complexity index is 340. The molecule has 0 bridgehead atoms. The van der Waals surface area contributed by atoms with Gasteiger partial charge >= 0.3 is 0 Å². The molecule has 1 rings (SSSR count). The van der Waals surface area contributed by atoms with Crippen LogP contribution in [0.2, 0.25) is 0 Å². The van der Waals surface area contributed by atoms with Crippen LogP contribution in [0.5, 0.6) is 11.5 Å². The zero-order valence-electron chi connectivity index (χ0n) is 7.54. The van der Waals surface area contributed by atoms with Gasteiger partial charge in [0.2, 0.25) is 0 Å². The normalized spacial score (nSPS) is 15.5. The molecule has 0 aromatic heterocycles. The maximum atomic E-state index is 12.5. The molecule has 0 aliphatic carbocycles. The number of rotatable bonds is 2. The van der Waals surface area contributed by atoms with Gasteiger partial charge in [0.05, 0.1) is 0 Å². The Labute approximate surface area is 79.8 Å². The van der Waals surface area contributed by atoms with E-state index in [0.29, 0.717) is 0 Å². The molecule has 1 atom stereocenters. The van der Waals surface area contributed by atoms with Crippen molar-refractivity contribution in [2.24, 2.45) is 5.73 Å². The third-order valence-electron chi connectivity index (χ3n) is 2.01. The Morgan fingerprint density at radius 3 is 2.43 bits per heavy atom. The molecule has 3 nitrogen and oxygen atoms in total. The molecule has 0 radical (unpaired) electrons. The number of hydrogen-bond acceptors (Lipinski definition) is 3. The molecule has 0 fully saturated rings. The lowest BCUT2D eigenvalue weighted by Crippen LogP contribution is -2.40. The van der Waals surface area contributed by atoms with E-state index in [-0.39, 0.29) is 17.1 Å². The Balaban J connectivity index is 3.24. The van der Waals surface area contributed by atoms with Crippen LogP contribution in [0.1, 0.15) is 12.5 Å². The molecule has 1 aromatic rings. The van der Waals surface area contributed by atoms with E-state index in [9.17, 15) is 13.9 Å². The second kappa shape index (κ2) is 3.42. The van der Waals surface area contributed by atoms with E-state index in [4.69, 9.17) is 10.8 Å². The topological polar surface area (TPSA) is 66.5 Å². The zero-order chi connectivity index (χ0) is 10.9. The van der Waals surface area contributed by atoms with Crippen molar-refractivity contribution in [3.8, 4) is 11.5 Å². The number of phenolic OH excluding ortho intramolecular Hbond substituents is 2. The number of alkyl halides is 2. The van der Waals surface area contributed by atoms with Crippen LogP contribution >= 0.6 is 0 Å². The zero-order valence-corrected chi connectivity index (χ0v) is 7.54. The smallest absolute Gasteiger partial charge is 0.260 e. The van der Waals surface area contributed by atoms with E-state index in [1.807, 2.05) is 0 Å². The molecule has 78 valence electrons. The number of phenols is 2. The predicted octanol–water partition coefficient (Wildman–Crippen LogP) is 1.54. The van der Waals surface area contributed by atoms with Gasteiger partial charge in [0.1, 0.15) is 17.0 Å². The monoisotopic (exact) mass is 203 g/mol. The fourth-order valence-corrected chi connectivity index (χ4v) is 1.07. The lowest BCUT2D eigenvalue weighted by atomic mass is 9.92. The largest absolute Gasteiger partial charge is 0.508 e. The van der Waals surface area contributed by atoms with Gasteiger partial charge in [-0.1, -0.05) is 0 Å². The summed E-state index contributed by atoms with van der Waals surface area (Å²) in [5, 5.41) is 18.4. The molecule has 0 saturated carbocycles. The minimum atomic E-state index is -2.82. The molecular formula is C9H11F2NO2. The van der Waals surface area contributed by atoms with Gasteiger partial charge in [0, 0.05) is 5.56 Å². The highest BCUT2D eigenvalue weighted by Crippen LogP contribution is 2.34. The molecule has 0 amide bonds. The molecular weight excluding hydrogens is 192 g/mol. The van der Waals surface area contributed by atoms with Crippen molar-refractivity contribution in [2.45, 2.75) is 18.9 Å². The average Bonchev–Trinajstić information content (AvgIpc) is 2.08. The lowest BCUT2D eigenvalue weighted by Gasteiger charge is -2.24. The molecule has 14 heavy (non-hydrogen) atoms.